The number of hydrogen-bond donors (Lipinski definition) is 2. The van der Waals surface area contributed by atoms with Gasteiger partial charge in [-0.25, -0.2) is 0 Å². The molecule has 21 heavy (non-hydrogen) atoms. The van der Waals surface area contributed by atoms with Gasteiger partial charge in [-0.3, -0.25) is 4.79 Å². The van der Waals surface area contributed by atoms with Crippen LogP contribution in [0.4, 0.5) is 0 Å². The average molecular weight is 285 g/mol. The fourth-order valence-electron chi connectivity index (χ4n) is 2.24. The third kappa shape index (κ3) is 3.83. The largest absolute Gasteiger partial charge is 0.508 e. The van der Waals surface area contributed by atoms with E-state index in [4.69, 9.17) is 0 Å². The van der Waals surface area contributed by atoms with E-state index in [-0.39, 0.29) is 24.8 Å². The van der Waals surface area contributed by atoms with E-state index in [0.29, 0.717) is 12.1 Å². The number of aliphatic hydroxyl groups is 1. The molecule has 0 aromatic heterocycles. The lowest BCUT2D eigenvalue weighted by atomic mass is 10.1. The van der Waals surface area contributed by atoms with Crippen molar-refractivity contribution in [3.63, 3.8) is 0 Å². The topological polar surface area (TPSA) is 60.8 Å². The van der Waals surface area contributed by atoms with Crippen molar-refractivity contribution in [2.75, 3.05) is 13.2 Å². The number of nitrogens with zero attached hydrogens (tertiary/aromatic N) is 1. The molecular formula is C17H19NO3. The van der Waals surface area contributed by atoms with Crippen LogP contribution in [-0.2, 0) is 6.54 Å². The van der Waals surface area contributed by atoms with Crippen LogP contribution in [-0.4, -0.2) is 34.2 Å². The second-order valence-electron chi connectivity index (χ2n) is 4.94. The van der Waals surface area contributed by atoms with E-state index in [2.05, 4.69) is 0 Å². The molecule has 1 amide bonds. The minimum Gasteiger partial charge on any atom is -0.508 e. The van der Waals surface area contributed by atoms with E-state index in [1.54, 1.807) is 24.0 Å². The highest BCUT2D eigenvalue weighted by Gasteiger charge is 2.17. The normalized spacial score (nSPS) is 10.4. The van der Waals surface area contributed by atoms with Gasteiger partial charge < -0.3 is 15.1 Å². The third-order valence-corrected chi connectivity index (χ3v) is 3.31. The third-order valence-electron chi connectivity index (χ3n) is 3.31. The highest BCUT2D eigenvalue weighted by atomic mass is 16.3. The summed E-state index contributed by atoms with van der Waals surface area (Å²) in [4.78, 5) is 14.2. The van der Waals surface area contributed by atoms with Crippen molar-refractivity contribution in [2.45, 2.75) is 13.5 Å². The minimum absolute atomic E-state index is 0.0876. The zero-order valence-electron chi connectivity index (χ0n) is 12.0. The molecule has 0 saturated carbocycles. The van der Waals surface area contributed by atoms with Crippen LogP contribution in [0.15, 0.2) is 48.5 Å². The molecular weight excluding hydrogens is 266 g/mol. The summed E-state index contributed by atoms with van der Waals surface area (Å²) in [5.74, 6) is -0.00813. The molecule has 2 aromatic carbocycles. The van der Waals surface area contributed by atoms with E-state index in [1.165, 1.54) is 6.07 Å². The highest BCUT2D eigenvalue weighted by molar-refractivity contribution is 5.95. The smallest absolute Gasteiger partial charge is 0.254 e. The van der Waals surface area contributed by atoms with E-state index >= 15 is 0 Å². The van der Waals surface area contributed by atoms with Gasteiger partial charge in [-0.2, -0.15) is 0 Å². The van der Waals surface area contributed by atoms with Crippen LogP contribution in [0.3, 0.4) is 0 Å². The molecule has 2 N–H and O–H groups in total. The van der Waals surface area contributed by atoms with Crippen LogP contribution in [0, 0.1) is 6.92 Å². The Bertz CT molecular complexity index is 611. The zero-order valence-corrected chi connectivity index (χ0v) is 12.0. The average Bonchev–Trinajstić information content (AvgIpc) is 2.47. The van der Waals surface area contributed by atoms with Crippen molar-refractivity contribution in [1.29, 1.82) is 0 Å². The van der Waals surface area contributed by atoms with Crippen LogP contribution in [0.25, 0.3) is 0 Å². The van der Waals surface area contributed by atoms with Crippen molar-refractivity contribution in [2.24, 2.45) is 0 Å². The lowest BCUT2D eigenvalue weighted by Gasteiger charge is -2.23. The molecule has 0 saturated heterocycles. The molecule has 110 valence electrons. The van der Waals surface area contributed by atoms with Gasteiger partial charge >= 0.3 is 0 Å². The number of amides is 1. The van der Waals surface area contributed by atoms with Gasteiger partial charge in [-0.1, -0.05) is 30.3 Å². The number of rotatable bonds is 5. The molecule has 0 spiro atoms. The first-order chi connectivity index (χ1) is 10.1. The molecule has 0 aliphatic heterocycles. The second kappa shape index (κ2) is 6.90. The van der Waals surface area contributed by atoms with Crippen molar-refractivity contribution in [3.8, 4) is 5.75 Å². The fraction of sp³-hybridized carbons (Fsp3) is 0.235. The van der Waals surface area contributed by atoms with Gasteiger partial charge in [0.2, 0.25) is 0 Å². The first-order valence-electron chi connectivity index (χ1n) is 6.85. The van der Waals surface area contributed by atoms with Gasteiger partial charge in [0.1, 0.15) is 5.75 Å². The molecule has 0 unspecified atom stereocenters. The maximum absolute atomic E-state index is 12.6. The summed E-state index contributed by atoms with van der Waals surface area (Å²) in [6.45, 7) is 2.41. The predicted molar refractivity (Wildman–Crippen MR) is 81.1 cm³/mol. The van der Waals surface area contributed by atoms with Crippen LogP contribution in [0.1, 0.15) is 21.5 Å². The number of phenolic OH excluding ortho intramolecular Hbond substituents is 1. The van der Waals surface area contributed by atoms with E-state index in [0.717, 1.165) is 11.1 Å². The molecule has 0 aliphatic rings. The predicted octanol–water partition coefficient (Wildman–Crippen LogP) is 2.34. The summed E-state index contributed by atoms with van der Waals surface area (Å²) in [6, 6.07) is 14.3. The fourth-order valence-corrected chi connectivity index (χ4v) is 2.24. The van der Waals surface area contributed by atoms with Gasteiger partial charge in [-0.05, 0) is 36.2 Å². The summed E-state index contributed by atoms with van der Waals surface area (Å²) in [6.07, 6.45) is 0. The summed E-state index contributed by atoms with van der Waals surface area (Å²) >= 11 is 0. The number of carbonyl (C=O) groups excluding carboxylic acids is 1. The number of phenols is 1. The Morgan fingerprint density at radius 1 is 1.14 bits per heavy atom. The Labute approximate surface area is 124 Å². The SMILES string of the molecule is Cc1cc(O)ccc1C(=O)N(CCO)Cc1ccccc1. The number of aliphatic hydroxyl groups excluding tert-OH is 1. The number of aryl methyl sites for hydroxylation is 1. The summed E-state index contributed by atoms with van der Waals surface area (Å²) in [7, 11) is 0. The first kappa shape index (κ1) is 15.1. The Kier molecular flexibility index (Phi) is 4.95. The molecule has 2 aromatic rings. The summed E-state index contributed by atoms with van der Waals surface area (Å²) in [5.41, 5.74) is 2.27. The molecule has 0 radical (unpaired) electrons. The van der Waals surface area contributed by atoms with Gasteiger partial charge in [0.05, 0.1) is 6.61 Å². The van der Waals surface area contributed by atoms with Crippen molar-refractivity contribution in [1.82, 2.24) is 4.90 Å². The highest BCUT2D eigenvalue weighted by Crippen LogP contribution is 2.18. The Morgan fingerprint density at radius 3 is 2.48 bits per heavy atom. The second-order valence-corrected chi connectivity index (χ2v) is 4.94. The molecule has 0 heterocycles. The monoisotopic (exact) mass is 285 g/mol. The lowest BCUT2D eigenvalue weighted by molar-refractivity contribution is 0.0707. The molecule has 4 nitrogen and oxygen atoms in total. The maximum Gasteiger partial charge on any atom is 0.254 e. The Morgan fingerprint density at radius 2 is 1.86 bits per heavy atom. The standard InChI is InChI=1S/C17H19NO3/c1-13-11-15(20)7-8-16(13)17(21)18(9-10-19)12-14-5-3-2-4-6-14/h2-8,11,19-20H,9-10,12H2,1H3. The lowest BCUT2D eigenvalue weighted by Crippen LogP contribution is -2.33. The van der Waals surface area contributed by atoms with Crippen molar-refractivity contribution >= 4 is 5.91 Å². The number of carbonyl (C=O) groups is 1. The first-order valence-corrected chi connectivity index (χ1v) is 6.85. The summed E-state index contributed by atoms with van der Waals surface area (Å²) in [5, 5.41) is 18.6. The van der Waals surface area contributed by atoms with Crippen LogP contribution < -0.4 is 0 Å². The van der Waals surface area contributed by atoms with Gasteiger partial charge in [0.15, 0.2) is 0 Å². The molecule has 0 bridgehead atoms. The maximum atomic E-state index is 12.6. The zero-order chi connectivity index (χ0) is 15.2. The van der Waals surface area contributed by atoms with E-state index in [9.17, 15) is 15.0 Å². The molecule has 2 rings (SSSR count). The molecule has 0 atom stereocenters. The Balaban J connectivity index is 2.23. The number of hydrogen-bond acceptors (Lipinski definition) is 3. The quantitative estimate of drug-likeness (QED) is 0.886. The van der Waals surface area contributed by atoms with Gasteiger partial charge in [-0.15, -0.1) is 0 Å². The van der Waals surface area contributed by atoms with Crippen LogP contribution in [0.5, 0.6) is 5.75 Å². The molecule has 0 aliphatic carbocycles. The number of aromatic hydroxyl groups is 1. The van der Waals surface area contributed by atoms with E-state index < -0.39 is 0 Å². The van der Waals surface area contributed by atoms with E-state index in [1.807, 2.05) is 30.3 Å². The van der Waals surface area contributed by atoms with Crippen molar-refractivity contribution in [3.05, 3.63) is 65.2 Å². The molecule has 4 heteroatoms. The molecule has 0 fully saturated rings. The van der Waals surface area contributed by atoms with Gasteiger partial charge in [0, 0.05) is 18.7 Å². The van der Waals surface area contributed by atoms with Gasteiger partial charge in [0.25, 0.3) is 5.91 Å². The van der Waals surface area contributed by atoms with Crippen molar-refractivity contribution < 1.29 is 15.0 Å². The summed E-state index contributed by atoms with van der Waals surface area (Å²) < 4.78 is 0. The minimum atomic E-state index is -0.148. The Hall–Kier alpha value is -2.33. The van der Waals surface area contributed by atoms with Crippen LogP contribution in [0.2, 0.25) is 0 Å². The number of benzene rings is 2. The van der Waals surface area contributed by atoms with Crippen LogP contribution >= 0.6 is 0 Å².